The maximum Gasteiger partial charge on any atom is 0.311 e. The highest BCUT2D eigenvalue weighted by atomic mass is 16.5. The minimum Gasteiger partial charge on any atom is -0.497 e. The number of ether oxygens (including phenoxy) is 4. The third kappa shape index (κ3) is 14.2. The number of hydrogen-bond acceptors (Lipinski definition) is 6. The van der Waals surface area contributed by atoms with Crippen molar-refractivity contribution in [3.8, 4) is 23.0 Å². The molecule has 0 saturated heterocycles. The van der Waals surface area contributed by atoms with Crippen LogP contribution in [-0.4, -0.2) is 19.0 Å². The lowest BCUT2D eigenvalue weighted by atomic mass is 9.96. The zero-order chi connectivity index (χ0) is 32.8. The van der Waals surface area contributed by atoms with Gasteiger partial charge in [-0.1, -0.05) is 123 Å². The van der Waals surface area contributed by atoms with E-state index in [1.165, 1.54) is 77.0 Å². The van der Waals surface area contributed by atoms with Gasteiger partial charge in [-0.3, -0.25) is 9.59 Å². The molecule has 2 aromatic carbocycles. The van der Waals surface area contributed by atoms with Gasteiger partial charge in [0.25, 0.3) is 0 Å². The van der Waals surface area contributed by atoms with E-state index in [1.807, 2.05) is 24.3 Å². The van der Waals surface area contributed by atoms with Crippen LogP contribution in [0.2, 0.25) is 0 Å². The summed E-state index contributed by atoms with van der Waals surface area (Å²) in [6.45, 7) is 4.48. The Morgan fingerprint density at radius 3 is 1.74 bits per heavy atom. The molecule has 6 heteroatoms. The molecule has 1 aliphatic heterocycles. The van der Waals surface area contributed by atoms with Crippen LogP contribution in [-0.2, 0) is 16.0 Å². The van der Waals surface area contributed by atoms with E-state index in [2.05, 4.69) is 13.8 Å². The molecule has 3 rings (SSSR count). The molecular formula is C40H60O6. The van der Waals surface area contributed by atoms with Crippen LogP contribution >= 0.6 is 0 Å². The number of carbonyl (C=O) groups is 2. The largest absolute Gasteiger partial charge is 0.497 e. The molecule has 0 saturated carbocycles. The van der Waals surface area contributed by atoms with Crippen LogP contribution in [0.4, 0.5) is 0 Å². The molecule has 0 amide bonds. The molecule has 1 atom stereocenters. The molecule has 1 heterocycles. The Balaban J connectivity index is 1.55. The van der Waals surface area contributed by atoms with Crippen molar-refractivity contribution in [3.63, 3.8) is 0 Å². The smallest absolute Gasteiger partial charge is 0.311 e. The molecule has 0 fully saturated rings. The lowest BCUT2D eigenvalue weighted by molar-refractivity contribution is -0.135. The van der Waals surface area contributed by atoms with Gasteiger partial charge in [-0.25, -0.2) is 0 Å². The average molecular weight is 637 g/mol. The molecule has 0 aromatic heterocycles. The lowest BCUT2D eigenvalue weighted by Gasteiger charge is -2.28. The lowest BCUT2D eigenvalue weighted by Crippen LogP contribution is -2.18. The van der Waals surface area contributed by atoms with Crippen LogP contribution in [0.25, 0.3) is 0 Å². The van der Waals surface area contributed by atoms with Crippen LogP contribution in [0, 0.1) is 0 Å². The maximum absolute atomic E-state index is 13.0. The Kier molecular flexibility index (Phi) is 18.3. The van der Waals surface area contributed by atoms with Crippen molar-refractivity contribution in [2.75, 3.05) is 7.11 Å². The second-order valence-corrected chi connectivity index (χ2v) is 12.9. The van der Waals surface area contributed by atoms with Gasteiger partial charge in [-0.15, -0.1) is 0 Å². The number of fused-ring (bicyclic) bond motifs is 1. The first-order valence-corrected chi connectivity index (χ1v) is 18.4. The van der Waals surface area contributed by atoms with Crippen molar-refractivity contribution in [2.24, 2.45) is 0 Å². The number of hydrogen-bond donors (Lipinski definition) is 0. The molecule has 1 unspecified atom stereocenters. The maximum atomic E-state index is 13.0. The summed E-state index contributed by atoms with van der Waals surface area (Å²) in [5.41, 5.74) is 1.91. The molecular weight excluding hydrogens is 576 g/mol. The van der Waals surface area contributed by atoms with Gasteiger partial charge >= 0.3 is 11.9 Å². The van der Waals surface area contributed by atoms with Crippen molar-refractivity contribution in [2.45, 2.75) is 161 Å². The number of methoxy groups -OCH3 is 1. The van der Waals surface area contributed by atoms with Gasteiger partial charge in [0.15, 0.2) is 0 Å². The first kappa shape index (κ1) is 37.4. The Morgan fingerprint density at radius 2 is 1.17 bits per heavy atom. The fourth-order valence-corrected chi connectivity index (χ4v) is 6.14. The summed E-state index contributed by atoms with van der Waals surface area (Å²) in [7, 11) is 1.64. The third-order valence-electron chi connectivity index (χ3n) is 8.98. The first-order chi connectivity index (χ1) is 22.5. The van der Waals surface area contributed by atoms with E-state index in [4.69, 9.17) is 18.9 Å². The Bertz CT molecular complexity index is 1160. The molecule has 256 valence electrons. The number of carbonyl (C=O) groups excluding carboxylic acids is 2. The summed E-state index contributed by atoms with van der Waals surface area (Å²) < 4.78 is 23.5. The molecule has 0 aliphatic carbocycles. The van der Waals surface area contributed by atoms with E-state index in [0.717, 1.165) is 74.0 Å². The molecule has 0 N–H and O–H groups in total. The summed E-state index contributed by atoms with van der Waals surface area (Å²) in [4.78, 5) is 25.7. The topological polar surface area (TPSA) is 71.1 Å². The number of benzene rings is 2. The molecule has 0 bridgehead atoms. The van der Waals surface area contributed by atoms with Gasteiger partial charge < -0.3 is 18.9 Å². The third-order valence-corrected chi connectivity index (χ3v) is 8.98. The Labute approximate surface area is 278 Å². The number of esters is 2. The van der Waals surface area contributed by atoms with Gasteiger partial charge in [-0.05, 0) is 49.4 Å². The van der Waals surface area contributed by atoms with Crippen LogP contribution in [0.15, 0.2) is 36.4 Å². The van der Waals surface area contributed by atoms with E-state index >= 15 is 0 Å². The van der Waals surface area contributed by atoms with Crippen LogP contribution in [0.3, 0.4) is 0 Å². The summed E-state index contributed by atoms with van der Waals surface area (Å²) >= 11 is 0. The minimum absolute atomic E-state index is 0.252. The standard InChI is InChI=1S/C40H60O6/c1-4-6-8-10-12-14-16-18-20-22-39(41)44-34-27-28-35(36-29-25-32-24-26-33(43-3)30-37(32)45-36)38(31-34)46-40(42)23-21-19-17-15-13-11-9-7-5-2/h24,26-28,30-31,36H,4-23,25,29H2,1-3H3. The molecule has 0 radical (unpaired) electrons. The van der Waals surface area contributed by atoms with E-state index in [-0.39, 0.29) is 18.0 Å². The number of unbranched alkanes of at least 4 members (excludes halogenated alkanes) is 16. The Hall–Kier alpha value is -3.02. The molecule has 6 nitrogen and oxygen atoms in total. The molecule has 1 aliphatic rings. The first-order valence-electron chi connectivity index (χ1n) is 18.4. The number of aryl methyl sites for hydroxylation is 1. The van der Waals surface area contributed by atoms with E-state index < -0.39 is 0 Å². The zero-order valence-corrected chi connectivity index (χ0v) is 29.0. The molecule has 0 spiro atoms. The average Bonchev–Trinajstić information content (AvgIpc) is 3.06. The minimum atomic E-state index is -0.290. The van der Waals surface area contributed by atoms with Gasteiger partial charge in [0, 0.05) is 30.5 Å². The highest BCUT2D eigenvalue weighted by Crippen LogP contribution is 2.41. The summed E-state index contributed by atoms with van der Waals surface area (Å²) in [5.74, 6) is 1.80. The van der Waals surface area contributed by atoms with Crippen LogP contribution in [0.5, 0.6) is 23.0 Å². The quantitative estimate of drug-likeness (QED) is 0.0648. The summed E-state index contributed by atoms with van der Waals surface area (Å²) in [6, 6.07) is 11.2. The summed E-state index contributed by atoms with van der Waals surface area (Å²) in [5, 5.41) is 0. The van der Waals surface area contributed by atoms with Crippen LogP contribution in [0.1, 0.15) is 166 Å². The van der Waals surface area contributed by atoms with Crippen molar-refractivity contribution in [1.29, 1.82) is 0 Å². The Morgan fingerprint density at radius 1 is 0.652 bits per heavy atom. The van der Waals surface area contributed by atoms with Crippen molar-refractivity contribution in [3.05, 3.63) is 47.5 Å². The van der Waals surface area contributed by atoms with Crippen molar-refractivity contribution >= 4 is 11.9 Å². The molecule has 46 heavy (non-hydrogen) atoms. The van der Waals surface area contributed by atoms with Gasteiger partial charge in [0.05, 0.1) is 7.11 Å². The monoisotopic (exact) mass is 636 g/mol. The van der Waals surface area contributed by atoms with E-state index in [1.54, 1.807) is 19.2 Å². The number of rotatable bonds is 24. The van der Waals surface area contributed by atoms with Crippen molar-refractivity contribution < 1.29 is 28.5 Å². The van der Waals surface area contributed by atoms with E-state index in [9.17, 15) is 9.59 Å². The second-order valence-electron chi connectivity index (χ2n) is 12.9. The highest BCUT2D eigenvalue weighted by molar-refractivity contribution is 5.74. The predicted molar refractivity (Wildman–Crippen MR) is 186 cm³/mol. The summed E-state index contributed by atoms with van der Waals surface area (Å²) in [6.07, 6.45) is 23.5. The van der Waals surface area contributed by atoms with Gasteiger partial charge in [-0.2, -0.15) is 0 Å². The van der Waals surface area contributed by atoms with Crippen LogP contribution < -0.4 is 18.9 Å². The SMILES string of the molecule is CCCCCCCCCCCC(=O)Oc1ccc(C2CCc3ccc(OC)cc3O2)c(OC(=O)CCCCCCCCCCC)c1. The zero-order valence-electron chi connectivity index (χ0n) is 29.0. The normalized spacial score (nSPS) is 13.9. The second kappa shape index (κ2) is 22.5. The fraction of sp³-hybridized carbons (Fsp3) is 0.650. The van der Waals surface area contributed by atoms with Gasteiger partial charge in [0.1, 0.15) is 29.1 Å². The predicted octanol–water partition coefficient (Wildman–Crippen LogP) is 11.4. The fourth-order valence-electron chi connectivity index (χ4n) is 6.14. The van der Waals surface area contributed by atoms with E-state index in [0.29, 0.717) is 24.3 Å². The van der Waals surface area contributed by atoms with Crippen molar-refractivity contribution in [1.82, 2.24) is 0 Å². The molecule has 2 aromatic rings. The van der Waals surface area contributed by atoms with Gasteiger partial charge in [0.2, 0.25) is 0 Å². The highest BCUT2D eigenvalue weighted by Gasteiger charge is 2.26.